The number of hydrogen-bond acceptors (Lipinski definition) is 2. The molecule has 3 nitrogen and oxygen atoms in total. The normalized spacial score (nSPS) is 24.6. The van der Waals surface area contributed by atoms with Gasteiger partial charge in [-0.25, -0.2) is 0 Å². The number of aromatic nitrogens is 1. The van der Waals surface area contributed by atoms with Crippen LogP contribution >= 0.6 is 0 Å². The molecule has 1 aromatic carbocycles. The summed E-state index contributed by atoms with van der Waals surface area (Å²) in [4.78, 5) is 5.50. The largest absolute Gasteiger partial charge is 0.507 e. The van der Waals surface area contributed by atoms with Gasteiger partial charge in [-0.05, 0) is 31.2 Å². The first-order valence-electron chi connectivity index (χ1n) is 5.24. The van der Waals surface area contributed by atoms with Gasteiger partial charge < -0.3 is 15.0 Å². The van der Waals surface area contributed by atoms with Gasteiger partial charge >= 0.3 is 0 Å². The lowest BCUT2D eigenvalue weighted by molar-refractivity contribution is 0.481. The number of nitrogens with zero attached hydrogens (tertiary/aromatic N) is 1. The number of phenols is 1. The van der Waals surface area contributed by atoms with Crippen molar-refractivity contribution < 1.29 is 5.11 Å². The van der Waals surface area contributed by atoms with Crippen LogP contribution in [0.1, 0.15) is 5.56 Å². The number of H-pyrrole nitrogens is 1. The van der Waals surface area contributed by atoms with Crippen LogP contribution in [0.15, 0.2) is 24.4 Å². The molecule has 1 aromatic heterocycles. The highest BCUT2D eigenvalue weighted by Crippen LogP contribution is 2.30. The summed E-state index contributed by atoms with van der Waals surface area (Å²) >= 11 is 0. The van der Waals surface area contributed by atoms with Crippen LogP contribution in [0.5, 0.6) is 5.75 Å². The molecule has 1 saturated heterocycles. The molecule has 2 N–H and O–H groups in total. The molecule has 1 aliphatic heterocycles. The Labute approximate surface area is 88.3 Å². The molecule has 0 amide bonds. The smallest absolute Gasteiger partial charge is 0.125 e. The van der Waals surface area contributed by atoms with E-state index in [0.29, 0.717) is 11.8 Å². The Morgan fingerprint density at radius 3 is 3.07 bits per heavy atom. The van der Waals surface area contributed by atoms with E-state index in [2.05, 4.69) is 16.9 Å². The van der Waals surface area contributed by atoms with Crippen molar-refractivity contribution in [2.45, 2.75) is 12.5 Å². The minimum Gasteiger partial charge on any atom is -0.507 e. The van der Waals surface area contributed by atoms with Crippen LogP contribution < -0.4 is 0 Å². The zero-order valence-electron chi connectivity index (χ0n) is 8.70. The highest BCUT2D eigenvalue weighted by atomic mass is 16.3. The van der Waals surface area contributed by atoms with Crippen molar-refractivity contribution in [3.8, 4) is 5.75 Å². The molecule has 15 heavy (non-hydrogen) atoms. The fraction of sp³-hybridized carbons (Fsp3) is 0.333. The van der Waals surface area contributed by atoms with Crippen LogP contribution in [0, 0.1) is 0 Å². The quantitative estimate of drug-likeness (QED) is 0.728. The van der Waals surface area contributed by atoms with Crippen molar-refractivity contribution in [1.29, 1.82) is 0 Å². The van der Waals surface area contributed by atoms with Crippen molar-refractivity contribution in [2.75, 3.05) is 13.6 Å². The maximum atomic E-state index is 9.81. The molecule has 2 unspecified atom stereocenters. The molecule has 3 heteroatoms. The first kappa shape index (κ1) is 8.80. The van der Waals surface area contributed by atoms with Gasteiger partial charge in [-0.15, -0.1) is 0 Å². The van der Waals surface area contributed by atoms with E-state index < -0.39 is 0 Å². The second-order valence-corrected chi connectivity index (χ2v) is 4.31. The van der Waals surface area contributed by atoms with E-state index in [4.69, 9.17) is 0 Å². The molecule has 0 radical (unpaired) electrons. The van der Waals surface area contributed by atoms with Gasteiger partial charge in [-0.2, -0.15) is 0 Å². The van der Waals surface area contributed by atoms with E-state index in [1.54, 1.807) is 6.07 Å². The van der Waals surface area contributed by atoms with Crippen molar-refractivity contribution >= 4 is 10.9 Å². The highest BCUT2D eigenvalue weighted by Gasteiger charge is 2.30. The first-order chi connectivity index (χ1) is 7.25. The van der Waals surface area contributed by atoms with Crippen LogP contribution in [-0.2, 0) is 6.42 Å². The second kappa shape index (κ2) is 3.00. The number of benzene rings is 1. The summed E-state index contributed by atoms with van der Waals surface area (Å²) in [5, 5.41) is 10.8. The molecular formula is C12H14N2O. The van der Waals surface area contributed by atoms with E-state index >= 15 is 0 Å². The van der Waals surface area contributed by atoms with E-state index in [0.717, 1.165) is 17.3 Å². The molecule has 1 fully saturated rings. The zero-order chi connectivity index (χ0) is 10.4. The van der Waals surface area contributed by atoms with Crippen LogP contribution in [0.3, 0.4) is 0 Å². The van der Waals surface area contributed by atoms with Gasteiger partial charge in [0.15, 0.2) is 0 Å². The maximum absolute atomic E-state index is 9.81. The molecule has 2 heterocycles. The van der Waals surface area contributed by atoms with E-state index in [-0.39, 0.29) is 0 Å². The monoisotopic (exact) mass is 202 g/mol. The highest BCUT2D eigenvalue weighted by molar-refractivity contribution is 5.89. The van der Waals surface area contributed by atoms with Gasteiger partial charge in [0.2, 0.25) is 0 Å². The number of rotatable bonds is 2. The molecule has 78 valence electrons. The van der Waals surface area contributed by atoms with E-state index in [1.165, 1.54) is 12.1 Å². The van der Waals surface area contributed by atoms with Crippen molar-refractivity contribution in [3.63, 3.8) is 0 Å². The predicted molar refractivity (Wildman–Crippen MR) is 60.1 cm³/mol. The van der Waals surface area contributed by atoms with Crippen LogP contribution in [0.2, 0.25) is 0 Å². The van der Waals surface area contributed by atoms with E-state index in [1.807, 2.05) is 18.3 Å². The first-order valence-corrected chi connectivity index (χ1v) is 5.24. The summed E-state index contributed by atoms with van der Waals surface area (Å²) in [7, 11) is 2.12. The summed E-state index contributed by atoms with van der Waals surface area (Å²) in [5.41, 5.74) is 2.24. The second-order valence-electron chi connectivity index (χ2n) is 4.31. The topological polar surface area (TPSA) is 39.0 Å². The molecule has 0 saturated carbocycles. The predicted octanol–water partition coefficient (Wildman–Crippen LogP) is 1.73. The maximum Gasteiger partial charge on any atom is 0.125 e. The van der Waals surface area contributed by atoms with Crippen LogP contribution in [0.25, 0.3) is 10.9 Å². The number of likely N-dealkylation sites (N-methyl/N-ethyl adjacent to an activating group) is 1. The van der Waals surface area contributed by atoms with Crippen LogP contribution in [-0.4, -0.2) is 34.6 Å². The molecule has 0 spiro atoms. The molecule has 1 aliphatic rings. The minimum absolute atomic E-state index is 0.382. The lowest BCUT2D eigenvalue weighted by Gasteiger charge is -1.99. The Hall–Kier alpha value is -1.48. The van der Waals surface area contributed by atoms with Crippen LogP contribution in [0.4, 0.5) is 0 Å². The standard InChI is InChI=1S/C12H14N2O/c1-14-7-9(14)5-8-6-13-10-3-2-4-11(15)12(8)10/h2-4,6,9,13,15H,5,7H2,1H3. The fourth-order valence-corrected chi connectivity index (χ4v) is 2.16. The number of aromatic hydroxyl groups is 1. The number of nitrogens with one attached hydrogen (secondary N) is 1. The van der Waals surface area contributed by atoms with Gasteiger partial charge in [-0.3, -0.25) is 0 Å². The summed E-state index contributed by atoms with van der Waals surface area (Å²) in [5.74, 6) is 0.382. The number of phenolic OH excluding ortho intramolecular Hbond substituents is 1. The summed E-state index contributed by atoms with van der Waals surface area (Å²) in [6, 6.07) is 6.26. The van der Waals surface area contributed by atoms with Gasteiger partial charge in [0.05, 0.1) is 0 Å². The molecule has 3 rings (SSSR count). The Morgan fingerprint density at radius 2 is 2.33 bits per heavy atom. The average Bonchev–Trinajstić information content (AvgIpc) is 2.75. The third-order valence-corrected chi connectivity index (χ3v) is 3.21. The lowest BCUT2D eigenvalue weighted by Crippen LogP contribution is -1.98. The zero-order valence-corrected chi connectivity index (χ0v) is 8.70. The minimum atomic E-state index is 0.382. The Bertz CT molecular complexity index is 503. The van der Waals surface area contributed by atoms with Crippen molar-refractivity contribution in [2.24, 2.45) is 0 Å². The summed E-state index contributed by atoms with van der Waals surface area (Å²) in [6.45, 7) is 1.17. The van der Waals surface area contributed by atoms with Gasteiger partial charge in [0.1, 0.15) is 5.75 Å². The SMILES string of the molecule is CN1CC1Cc1c[nH]c2cccc(O)c12. The molecule has 2 atom stereocenters. The molecule has 0 aliphatic carbocycles. The van der Waals surface area contributed by atoms with Crippen molar-refractivity contribution in [3.05, 3.63) is 30.0 Å². The van der Waals surface area contributed by atoms with Gasteiger partial charge in [0.25, 0.3) is 0 Å². The van der Waals surface area contributed by atoms with E-state index in [9.17, 15) is 5.11 Å². The average molecular weight is 202 g/mol. The molecule has 2 aromatic rings. The number of aromatic amines is 1. The Balaban J connectivity index is 2.03. The summed E-state index contributed by atoms with van der Waals surface area (Å²) < 4.78 is 0. The Kier molecular flexibility index (Phi) is 1.76. The Morgan fingerprint density at radius 1 is 1.53 bits per heavy atom. The third-order valence-electron chi connectivity index (χ3n) is 3.21. The van der Waals surface area contributed by atoms with Crippen molar-refractivity contribution in [1.82, 2.24) is 9.88 Å². The number of hydrogen-bond donors (Lipinski definition) is 2. The summed E-state index contributed by atoms with van der Waals surface area (Å²) in [6.07, 6.45) is 3.03. The lowest BCUT2D eigenvalue weighted by atomic mass is 10.1. The third kappa shape index (κ3) is 1.39. The molecular weight excluding hydrogens is 188 g/mol. The molecule has 0 bridgehead atoms. The van der Waals surface area contributed by atoms with Gasteiger partial charge in [-0.1, -0.05) is 6.07 Å². The van der Waals surface area contributed by atoms with Gasteiger partial charge in [0, 0.05) is 29.7 Å². The number of fused-ring (bicyclic) bond motifs is 1. The fourth-order valence-electron chi connectivity index (χ4n) is 2.16.